The second-order valence-corrected chi connectivity index (χ2v) is 5.45. The van der Waals surface area contributed by atoms with Crippen LogP contribution in [0.25, 0.3) is 5.69 Å². The quantitative estimate of drug-likeness (QED) is 0.360. The van der Waals surface area contributed by atoms with Crippen LogP contribution >= 0.6 is 24.0 Å². The number of halogens is 2. The largest absolute Gasteiger partial charge is 0.370 e. The van der Waals surface area contributed by atoms with E-state index in [1.807, 2.05) is 37.3 Å². The molecule has 0 spiro atoms. The first-order chi connectivity index (χ1) is 11.6. The van der Waals surface area contributed by atoms with Gasteiger partial charge < -0.3 is 15.6 Å². The van der Waals surface area contributed by atoms with Gasteiger partial charge in [-0.3, -0.25) is 0 Å². The third kappa shape index (κ3) is 5.02. The summed E-state index contributed by atoms with van der Waals surface area (Å²) in [5.41, 5.74) is 9.08. The Hall–Kier alpha value is -2.42. The molecule has 130 valence electrons. The number of guanidine groups is 1. The molecule has 0 aliphatic heterocycles. The number of rotatable bonds is 4. The summed E-state index contributed by atoms with van der Waals surface area (Å²) in [5.74, 6) is -0.0365. The van der Waals surface area contributed by atoms with E-state index < -0.39 is 0 Å². The standard InChI is InChI=1S/C18H18FN5.HI/c1-13-3-2-4-15(9-13)23-18(20)22-11-14-5-6-17(16(19)10-14)24-8-7-21-12-24;/h2-10,12H,11H2,1H3,(H3,20,22,23);1H. The van der Waals surface area contributed by atoms with Gasteiger partial charge in [0.15, 0.2) is 5.96 Å². The molecule has 25 heavy (non-hydrogen) atoms. The zero-order valence-electron chi connectivity index (χ0n) is 13.7. The van der Waals surface area contributed by atoms with Crippen LogP contribution in [0.2, 0.25) is 0 Å². The van der Waals surface area contributed by atoms with Crippen LogP contribution in [0.3, 0.4) is 0 Å². The highest BCUT2D eigenvalue weighted by Gasteiger charge is 2.05. The number of hydrogen-bond donors (Lipinski definition) is 2. The Bertz CT molecular complexity index is 862. The zero-order chi connectivity index (χ0) is 16.9. The van der Waals surface area contributed by atoms with Crippen molar-refractivity contribution in [2.45, 2.75) is 13.5 Å². The molecule has 0 radical (unpaired) electrons. The Morgan fingerprint density at radius 2 is 2.12 bits per heavy atom. The summed E-state index contributed by atoms with van der Waals surface area (Å²) in [4.78, 5) is 8.17. The number of aryl methyl sites for hydroxylation is 1. The highest BCUT2D eigenvalue weighted by molar-refractivity contribution is 14.0. The van der Waals surface area contributed by atoms with E-state index in [4.69, 9.17) is 5.73 Å². The molecule has 3 aromatic rings. The summed E-state index contributed by atoms with van der Waals surface area (Å²) < 4.78 is 15.8. The number of nitrogens with zero attached hydrogens (tertiary/aromatic N) is 3. The van der Waals surface area contributed by atoms with Crippen LogP contribution in [0, 0.1) is 12.7 Å². The molecule has 0 fully saturated rings. The molecule has 0 bridgehead atoms. The molecule has 1 heterocycles. The lowest BCUT2D eigenvalue weighted by Gasteiger charge is -2.08. The summed E-state index contributed by atoms with van der Waals surface area (Å²) in [6.07, 6.45) is 4.86. The van der Waals surface area contributed by atoms with Crippen molar-refractivity contribution in [3.05, 3.63) is 78.1 Å². The van der Waals surface area contributed by atoms with Crippen LogP contribution in [-0.2, 0) is 6.54 Å². The Morgan fingerprint density at radius 1 is 1.28 bits per heavy atom. The number of nitrogens with one attached hydrogen (secondary N) is 1. The van der Waals surface area contributed by atoms with Crippen LogP contribution in [0.15, 0.2) is 66.2 Å². The van der Waals surface area contributed by atoms with E-state index in [2.05, 4.69) is 15.3 Å². The van der Waals surface area contributed by atoms with Gasteiger partial charge in [0.05, 0.1) is 18.6 Å². The summed E-state index contributed by atoms with van der Waals surface area (Å²) in [7, 11) is 0. The summed E-state index contributed by atoms with van der Waals surface area (Å²) in [5, 5.41) is 3.02. The molecule has 3 rings (SSSR count). The predicted octanol–water partition coefficient (Wildman–Crippen LogP) is 3.86. The summed E-state index contributed by atoms with van der Waals surface area (Å²) in [6.45, 7) is 2.30. The number of imidazole rings is 1. The maximum atomic E-state index is 14.2. The van der Waals surface area contributed by atoms with Crippen molar-refractivity contribution in [2.24, 2.45) is 10.7 Å². The lowest BCUT2D eigenvalue weighted by atomic mass is 10.2. The summed E-state index contributed by atoms with van der Waals surface area (Å²) >= 11 is 0. The van der Waals surface area contributed by atoms with E-state index in [0.717, 1.165) is 16.8 Å². The minimum atomic E-state index is -0.328. The lowest BCUT2D eigenvalue weighted by Crippen LogP contribution is -2.22. The molecule has 0 aliphatic carbocycles. The number of aromatic nitrogens is 2. The molecule has 0 unspecified atom stereocenters. The predicted molar refractivity (Wildman–Crippen MR) is 109 cm³/mol. The maximum absolute atomic E-state index is 14.2. The first kappa shape index (κ1) is 18.9. The van der Waals surface area contributed by atoms with Crippen molar-refractivity contribution in [3.8, 4) is 5.69 Å². The Morgan fingerprint density at radius 3 is 2.80 bits per heavy atom. The van der Waals surface area contributed by atoms with E-state index >= 15 is 0 Å². The van der Waals surface area contributed by atoms with E-state index in [1.165, 1.54) is 6.07 Å². The monoisotopic (exact) mass is 451 g/mol. The van der Waals surface area contributed by atoms with Crippen molar-refractivity contribution >= 4 is 35.6 Å². The second kappa shape index (κ2) is 8.61. The Kier molecular flexibility index (Phi) is 6.51. The van der Waals surface area contributed by atoms with Crippen LogP contribution in [0.1, 0.15) is 11.1 Å². The fourth-order valence-electron chi connectivity index (χ4n) is 2.35. The number of aliphatic imine (C=N–C) groups is 1. The zero-order valence-corrected chi connectivity index (χ0v) is 16.0. The second-order valence-electron chi connectivity index (χ2n) is 5.45. The SMILES string of the molecule is Cc1cccc(NC(N)=NCc2ccc(-n3ccnc3)c(F)c2)c1.I. The van der Waals surface area contributed by atoms with Gasteiger partial charge in [0, 0.05) is 18.1 Å². The average molecular weight is 451 g/mol. The molecule has 0 atom stereocenters. The fraction of sp³-hybridized carbons (Fsp3) is 0.111. The molecular weight excluding hydrogens is 432 g/mol. The van der Waals surface area contributed by atoms with Gasteiger partial charge in [0.2, 0.25) is 0 Å². The molecule has 2 aromatic carbocycles. The molecule has 1 aromatic heterocycles. The van der Waals surface area contributed by atoms with Crippen molar-refractivity contribution in [1.29, 1.82) is 0 Å². The molecule has 0 amide bonds. The van der Waals surface area contributed by atoms with Gasteiger partial charge in [-0.05, 0) is 42.3 Å². The van der Waals surface area contributed by atoms with Gasteiger partial charge in [0.25, 0.3) is 0 Å². The first-order valence-corrected chi connectivity index (χ1v) is 7.52. The molecular formula is C18H19FIN5. The molecule has 0 saturated heterocycles. The minimum Gasteiger partial charge on any atom is -0.370 e. The van der Waals surface area contributed by atoms with Gasteiger partial charge in [-0.1, -0.05) is 18.2 Å². The van der Waals surface area contributed by atoms with Crippen LogP contribution in [0.4, 0.5) is 10.1 Å². The van der Waals surface area contributed by atoms with Crippen LogP contribution in [-0.4, -0.2) is 15.5 Å². The highest BCUT2D eigenvalue weighted by atomic mass is 127. The molecule has 5 nitrogen and oxygen atoms in total. The van der Waals surface area contributed by atoms with Gasteiger partial charge in [-0.2, -0.15) is 0 Å². The lowest BCUT2D eigenvalue weighted by molar-refractivity contribution is 0.616. The topological polar surface area (TPSA) is 68.2 Å². The first-order valence-electron chi connectivity index (χ1n) is 7.52. The Labute approximate surface area is 162 Å². The molecule has 0 aliphatic rings. The van der Waals surface area contributed by atoms with Gasteiger partial charge >= 0.3 is 0 Å². The normalized spacial score (nSPS) is 11.0. The summed E-state index contributed by atoms with van der Waals surface area (Å²) in [6, 6.07) is 12.8. The van der Waals surface area contributed by atoms with E-state index in [0.29, 0.717) is 18.2 Å². The average Bonchev–Trinajstić information content (AvgIpc) is 3.07. The van der Waals surface area contributed by atoms with E-state index in [9.17, 15) is 4.39 Å². The van der Waals surface area contributed by atoms with Crippen LogP contribution < -0.4 is 11.1 Å². The van der Waals surface area contributed by atoms with Crippen molar-refractivity contribution in [1.82, 2.24) is 9.55 Å². The fourth-order valence-corrected chi connectivity index (χ4v) is 2.35. The van der Waals surface area contributed by atoms with Gasteiger partial charge in [-0.25, -0.2) is 14.4 Å². The van der Waals surface area contributed by atoms with Crippen molar-refractivity contribution < 1.29 is 4.39 Å². The number of nitrogens with two attached hydrogens (primary N) is 1. The number of benzene rings is 2. The van der Waals surface area contributed by atoms with Gasteiger partial charge in [-0.15, -0.1) is 24.0 Å². The molecule has 3 N–H and O–H groups in total. The van der Waals surface area contributed by atoms with Crippen molar-refractivity contribution in [3.63, 3.8) is 0 Å². The Balaban J connectivity index is 0.00000225. The third-order valence-corrected chi connectivity index (χ3v) is 3.52. The van der Waals surface area contributed by atoms with Crippen molar-refractivity contribution in [2.75, 3.05) is 5.32 Å². The minimum absolute atomic E-state index is 0. The highest BCUT2D eigenvalue weighted by Crippen LogP contribution is 2.15. The number of anilines is 1. The van der Waals surface area contributed by atoms with E-state index in [-0.39, 0.29) is 29.8 Å². The maximum Gasteiger partial charge on any atom is 0.193 e. The number of hydrogen-bond acceptors (Lipinski definition) is 2. The van der Waals surface area contributed by atoms with Crippen LogP contribution in [0.5, 0.6) is 0 Å². The third-order valence-electron chi connectivity index (χ3n) is 3.52. The van der Waals surface area contributed by atoms with Gasteiger partial charge in [0.1, 0.15) is 5.82 Å². The molecule has 7 heteroatoms. The smallest absolute Gasteiger partial charge is 0.193 e. The van der Waals surface area contributed by atoms with E-state index in [1.54, 1.807) is 29.4 Å². The molecule has 0 saturated carbocycles.